The maximum Gasteiger partial charge on any atom is 0.226 e. The summed E-state index contributed by atoms with van der Waals surface area (Å²) in [6.45, 7) is 4.39. The summed E-state index contributed by atoms with van der Waals surface area (Å²) >= 11 is 0. The molecule has 3 rings (SSSR count). The number of anilines is 3. The summed E-state index contributed by atoms with van der Waals surface area (Å²) in [5, 5.41) is 13.7. The lowest BCUT2D eigenvalue weighted by molar-refractivity contribution is 0.619. The van der Waals surface area contributed by atoms with Gasteiger partial charge in [-0.1, -0.05) is 6.07 Å². The second-order valence-electron chi connectivity index (χ2n) is 4.65. The van der Waals surface area contributed by atoms with Gasteiger partial charge in [-0.15, -0.1) is 0 Å². The number of nitrogens with zero attached hydrogens (tertiary/aromatic N) is 3. The van der Waals surface area contributed by atoms with Gasteiger partial charge in [-0.25, -0.2) is 4.39 Å². The number of aryl methyl sites for hydroxylation is 1. The van der Waals surface area contributed by atoms with Gasteiger partial charge in [0.15, 0.2) is 5.65 Å². The molecule has 0 amide bonds. The maximum atomic E-state index is 13.6. The van der Waals surface area contributed by atoms with E-state index in [-0.39, 0.29) is 5.82 Å². The van der Waals surface area contributed by atoms with E-state index in [1.165, 1.54) is 6.07 Å². The topological polar surface area (TPSA) is 78.5 Å². The summed E-state index contributed by atoms with van der Waals surface area (Å²) in [6, 6.07) is 4.96. The molecule has 0 aliphatic rings. The van der Waals surface area contributed by atoms with Crippen molar-refractivity contribution in [2.24, 2.45) is 0 Å². The van der Waals surface area contributed by atoms with E-state index >= 15 is 0 Å². The number of aromatic nitrogens is 4. The van der Waals surface area contributed by atoms with Crippen molar-refractivity contribution < 1.29 is 4.39 Å². The predicted octanol–water partition coefficient (Wildman–Crippen LogP) is 2.98. The number of benzene rings is 1. The lowest BCUT2D eigenvalue weighted by Crippen LogP contribution is -2.05. The Morgan fingerprint density at radius 1 is 1.29 bits per heavy atom. The van der Waals surface area contributed by atoms with Gasteiger partial charge in [-0.05, 0) is 31.5 Å². The van der Waals surface area contributed by atoms with Crippen molar-refractivity contribution in [3.63, 3.8) is 0 Å². The third-order valence-electron chi connectivity index (χ3n) is 3.08. The third-order valence-corrected chi connectivity index (χ3v) is 3.08. The Kier molecular flexibility index (Phi) is 3.39. The van der Waals surface area contributed by atoms with Gasteiger partial charge in [0.2, 0.25) is 5.95 Å². The van der Waals surface area contributed by atoms with Crippen molar-refractivity contribution in [1.29, 1.82) is 0 Å². The van der Waals surface area contributed by atoms with E-state index in [1.54, 1.807) is 25.3 Å². The van der Waals surface area contributed by atoms with E-state index in [9.17, 15) is 4.39 Å². The van der Waals surface area contributed by atoms with Crippen LogP contribution in [0.4, 0.5) is 21.8 Å². The minimum absolute atomic E-state index is 0.260. The van der Waals surface area contributed by atoms with Crippen LogP contribution < -0.4 is 10.6 Å². The van der Waals surface area contributed by atoms with Crippen LogP contribution in [0.3, 0.4) is 0 Å². The molecule has 7 heteroatoms. The highest BCUT2D eigenvalue weighted by Gasteiger charge is 2.10. The lowest BCUT2D eigenvalue weighted by atomic mass is 10.2. The molecule has 0 spiro atoms. The fraction of sp³-hybridized carbons (Fsp3) is 0.214. The predicted molar refractivity (Wildman–Crippen MR) is 80.3 cm³/mol. The first kappa shape index (κ1) is 13.3. The minimum Gasteiger partial charge on any atom is -0.354 e. The number of aromatic amines is 1. The second-order valence-corrected chi connectivity index (χ2v) is 4.65. The number of hydrogen-bond acceptors (Lipinski definition) is 5. The normalized spacial score (nSPS) is 10.8. The highest BCUT2D eigenvalue weighted by Crippen LogP contribution is 2.24. The summed E-state index contributed by atoms with van der Waals surface area (Å²) in [6.07, 6.45) is 1.64. The van der Waals surface area contributed by atoms with Gasteiger partial charge in [-0.3, -0.25) is 5.10 Å². The molecular weight excluding hydrogens is 271 g/mol. The zero-order valence-corrected chi connectivity index (χ0v) is 11.7. The van der Waals surface area contributed by atoms with Crippen LogP contribution in [0.2, 0.25) is 0 Å². The van der Waals surface area contributed by atoms with E-state index in [4.69, 9.17) is 0 Å². The number of nitrogens with one attached hydrogen (secondary N) is 3. The van der Waals surface area contributed by atoms with Crippen LogP contribution in [0.5, 0.6) is 0 Å². The van der Waals surface area contributed by atoms with Gasteiger partial charge < -0.3 is 10.6 Å². The van der Waals surface area contributed by atoms with Gasteiger partial charge in [-0.2, -0.15) is 15.1 Å². The fourth-order valence-corrected chi connectivity index (χ4v) is 1.97. The van der Waals surface area contributed by atoms with E-state index in [2.05, 4.69) is 30.8 Å². The molecule has 108 valence electrons. The van der Waals surface area contributed by atoms with E-state index in [0.29, 0.717) is 35.2 Å². The van der Waals surface area contributed by atoms with Crippen molar-refractivity contribution in [2.45, 2.75) is 13.8 Å². The first-order valence-corrected chi connectivity index (χ1v) is 6.65. The molecule has 2 heterocycles. The Hall–Kier alpha value is -2.70. The highest BCUT2D eigenvalue weighted by atomic mass is 19.1. The molecule has 0 radical (unpaired) electrons. The van der Waals surface area contributed by atoms with Crippen LogP contribution in [0.25, 0.3) is 11.0 Å². The SMILES string of the molecule is CCNc1nc(Nc2ccc(C)c(F)c2)c2cn[nH]c2n1. The van der Waals surface area contributed by atoms with Crippen LogP contribution in [-0.2, 0) is 0 Å². The highest BCUT2D eigenvalue weighted by molar-refractivity contribution is 5.89. The summed E-state index contributed by atoms with van der Waals surface area (Å²) in [7, 11) is 0. The largest absolute Gasteiger partial charge is 0.354 e. The molecule has 21 heavy (non-hydrogen) atoms. The second kappa shape index (κ2) is 5.35. The molecule has 0 bridgehead atoms. The third kappa shape index (κ3) is 2.62. The lowest BCUT2D eigenvalue weighted by Gasteiger charge is -2.09. The van der Waals surface area contributed by atoms with Crippen LogP contribution in [0, 0.1) is 12.7 Å². The van der Waals surface area contributed by atoms with Crippen LogP contribution in [0.1, 0.15) is 12.5 Å². The average molecular weight is 286 g/mol. The molecule has 2 aromatic heterocycles. The molecule has 3 N–H and O–H groups in total. The Morgan fingerprint density at radius 3 is 2.90 bits per heavy atom. The molecule has 0 aliphatic carbocycles. The molecule has 0 aliphatic heterocycles. The summed E-state index contributed by atoms with van der Waals surface area (Å²) < 4.78 is 13.6. The maximum absolute atomic E-state index is 13.6. The molecule has 3 aromatic rings. The molecule has 0 saturated carbocycles. The number of hydrogen-bond donors (Lipinski definition) is 3. The zero-order valence-electron chi connectivity index (χ0n) is 11.7. The zero-order chi connectivity index (χ0) is 14.8. The van der Waals surface area contributed by atoms with Gasteiger partial charge in [0.25, 0.3) is 0 Å². The fourth-order valence-electron chi connectivity index (χ4n) is 1.97. The molecule has 0 atom stereocenters. The van der Waals surface area contributed by atoms with Crippen LogP contribution >= 0.6 is 0 Å². The smallest absolute Gasteiger partial charge is 0.226 e. The summed E-state index contributed by atoms with van der Waals surface area (Å²) in [4.78, 5) is 8.70. The first-order chi connectivity index (χ1) is 10.2. The molecule has 6 nitrogen and oxygen atoms in total. The molecule has 0 fully saturated rings. The first-order valence-electron chi connectivity index (χ1n) is 6.65. The number of halogens is 1. The molecule has 0 unspecified atom stereocenters. The Bertz CT molecular complexity index is 782. The van der Waals surface area contributed by atoms with Crippen molar-refractivity contribution in [3.05, 3.63) is 35.8 Å². The molecular formula is C14H15FN6. The van der Waals surface area contributed by atoms with E-state index < -0.39 is 0 Å². The summed E-state index contributed by atoms with van der Waals surface area (Å²) in [5.41, 5.74) is 1.85. The van der Waals surface area contributed by atoms with Gasteiger partial charge >= 0.3 is 0 Å². The Labute approximate surface area is 120 Å². The van der Waals surface area contributed by atoms with Gasteiger partial charge in [0.05, 0.1) is 11.6 Å². The van der Waals surface area contributed by atoms with E-state index in [1.807, 2.05) is 6.92 Å². The van der Waals surface area contributed by atoms with Crippen molar-refractivity contribution in [2.75, 3.05) is 17.2 Å². The quantitative estimate of drug-likeness (QED) is 0.687. The number of rotatable bonds is 4. The number of H-pyrrole nitrogens is 1. The molecule has 1 aromatic carbocycles. The van der Waals surface area contributed by atoms with Crippen LogP contribution in [-0.4, -0.2) is 26.7 Å². The standard InChI is InChI=1S/C14H15FN6/c1-3-16-14-19-12(10-7-17-21-13(10)20-14)18-9-5-4-8(2)11(15)6-9/h4-7H,3H2,1-2H3,(H3,16,17,18,19,20,21). The number of fused-ring (bicyclic) bond motifs is 1. The van der Waals surface area contributed by atoms with Gasteiger partial charge in [0, 0.05) is 12.2 Å². The van der Waals surface area contributed by atoms with E-state index in [0.717, 1.165) is 5.39 Å². The monoisotopic (exact) mass is 286 g/mol. The van der Waals surface area contributed by atoms with Crippen LogP contribution in [0.15, 0.2) is 24.4 Å². The Morgan fingerprint density at radius 2 is 2.14 bits per heavy atom. The average Bonchev–Trinajstić information content (AvgIpc) is 2.92. The van der Waals surface area contributed by atoms with Gasteiger partial charge in [0.1, 0.15) is 11.6 Å². The Balaban J connectivity index is 2.01. The van der Waals surface area contributed by atoms with Crippen molar-refractivity contribution in [1.82, 2.24) is 20.2 Å². The molecule has 0 saturated heterocycles. The van der Waals surface area contributed by atoms with Crippen molar-refractivity contribution >= 4 is 28.5 Å². The van der Waals surface area contributed by atoms with Crippen molar-refractivity contribution in [3.8, 4) is 0 Å². The summed E-state index contributed by atoms with van der Waals surface area (Å²) in [5.74, 6) is 0.807. The minimum atomic E-state index is -0.260.